The van der Waals surface area contributed by atoms with Crippen molar-refractivity contribution < 1.29 is 4.42 Å². The van der Waals surface area contributed by atoms with Gasteiger partial charge in [0.25, 0.3) is 0 Å². The van der Waals surface area contributed by atoms with Crippen LogP contribution in [0.4, 0.5) is 0 Å². The lowest BCUT2D eigenvalue weighted by molar-refractivity contribution is 0.530. The zero-order chi connectivity index (χ0) is 13.0. The summed E-state index contributed by atoms with van der Waals surface area (Å²) in [7, 11) is 0. The van der Waals surface area contributed by atoms with Gasteiger partial charge in [-0.25, -0.2) is 0 Å². The molecule has 1 aromatic heterocycles. The van der Waals surface area contributed by atoms with E-state index in [0.29, 0.717) is 0 Å². The van der Waals surface area contributed by atoms with Crippen LogP contribution in [0.5, 0.6) is 0 Å². The molecule has 0 bridgehead atoms. The van der Waals surface area contributed by atoms with Crippen LogP contribution in [0.15, 0.2) is 45.9 Å². The Bertz CT molecular complexity index is 497. The van der Waals surface area contributed by atoms with Crippen LogP contribution >= 0.6 is 23.4 Å². The molecule has 1 atom stereocenters. The molecule has 0 aliphatic carbocycles. The fraction of sp³-hybridized carbons (Fsp3) is 0.286. The van der Waals surface area contributed by atoms with Crippen LogP contribution in [-0.4, -0.2) is 6.04 Å². The highest BCUT2D eigenvalue weighted by Gasteiger charge is 2.10. The van der Waals surface area contributed by atoms with Crippen LogP contribution in [-0.2, 0) is 12.2 Å². The molecule has 0 amide bonds. The Hall–Kier alpha value is -0.900. The first-order valence-electron chi connectivity index (χ1n) is 5.85. The zero-order valence-corrected chi connectivity index (χ0v) is 11.8. The van der Waals surface area contributed by atoms with Gasteiger partial charge in [-0.05, 0) is 37.1 Å². The maximum atomic E-state index is 6.26. The van der Waals surface area contributed by atoms with Gasteiger partial charge in [0.15, 0.2) is 0 Å². The number of rotatable bonds is 5. The van der Waals surface area contributed by atoms with Crippen LogP contribution in [0.3, 0.4) is 0 Å². The fourth-order valence-corrected chi connectivity index (χ4v) is 3.11. The molecular formula is C14H16ClNOS. The largest absolute Gasteiger partial charge is 0.468 e. The maximum Gasteiger partial charge on any atom is 0.113 e. The fourth-order valence-electron chi connectivity index (χ4n) is 1.76. The molecule has 2 rings (SSSR count). The third-order valence-electron chi connectivity index (χ3n) is 2.53. The molecule has 18 heavy (non-hydrogen) atoms. The molecule has 0 radical (unpaired) electrons. The van der Waals surface area contributed by atoms with E-state index in [9.17, 15) is 0 Å². The lowest BCUT2D eigenvalue weighted by Crippen LogP contribution is -2.18. The SMILES string of the molecule is CC(N)Cc1cccc(Cl)c1SCc1ccco1. The third kappa shape index (κ3) is 3.55. The Morgan fingerprint density at radius 3 is 2.83 bits per heavy atom. The molecule has 2 aromatic rings. The first-order chi connectivity index (χ1) is 8.66. The Morgan fingerprint density at radius 2 is 2.17 bits per heavy atom. The molecule has 0 aliphatic rings. The van der Waals surface area contributed by atoms with Gasteiger partial charge in [0, 0.05) is 10.9 Å². The number of halogens is 1. The summed E-state index contributed by atoms with van der Waals surface area (Å²) in [5.41, 5.74) is 7.07. The normalized spacial score (nSPS) is 12.6. The molecule has 1 unspecified atom stereocenters. The number of hydrogen-bond donors (Lipinski definition) is 1. The van der Waals surface area contributed by atoms with Gasteiger partial charge in [-0.1, -0.05) is 23.7 Å². The average Bonchev–Trinajstić information content (AvgIpc) is 2.80. The van der Waals surface area contributed by atoms with Gasteiger partial charge in [-0.3, -0.25) is 0 Å². The molecule has 0 saturated carbocycles. The first-order valence-corrected chi connectivity index (χ1v) is 7.21. The van der Waals surface area contributed by atoms with E-state index < -0.39 is 0 Å². The van der Waals surface area contributed by atoms with E-state index in [1.807, 2.05) is 31.2 Å². The summed E-state index contributed by atoms with van der Waals surface area (Å²) in [5, 5.41) is 0.782. The highest BCUT2D eigenvalue weighted by atomic mass is 35.5. The van der Waals surface area contributed by atoms with Crippen molar-refractivity contribution in [2.75, 3.05) is 0 Å². The Balaban J connectivity index is 2.14. The zero-order valence-electron chi connectivity index (χ0n) is 10.2. The van der Waals surface area contributed by atoms with Crippen molar-refractivity contribution >= 4 is 23.4 Å². The van der Waals surface area contributed by atoms with Crippen molar-refractivity contribution in [1.82, 2.24) is 0 Å². The van der Waals surface area contributed by atoms with Crippen molar-refractivity contribution in [3.8, 4) is 0 Å². The highest BCUT2D eigenvalue weighted by molar-refractivity contribution is 7.98. The van der Waals surface area contributed by atoms with E-state index in [0.717, 1.165) is 27.9 Å². The number of thioether (sulfide) groups is 1. The average molecular weight is 282 g/mol. The molecule has 0 spiro atoms. The Labute approximate surface area is 117 Å². The number of hydrogen-bond acceptors (Lipinski definition) is 3. The minimum Gasteiger partial charge on any atom is -0.468 e. The van der Waals surface area contributed by atoms with Gasteiger partial charge >= 0.3 is 0 Å². The van der Waals surface area contributed by atoms with Gasteiger partial charge in [-0.2, -0.15) is 0 Å². The van der Waals surface area contributed by atoms with Crippen LogP contribution in [0, 0.1) is 0 Å². The molecule has 0 fully saturated rings. The predicted molar refractivity (Wildman–Crippen MR) is 77.1 cm³/mol. The monoisotopic (exact) mass is 281 g/mol. The summed E-state index contributed by atoms with van der Waals surface area (Å²) in [6, 6.07) is 9.96. The molecular weight excluding hydrogens is 266 g/mol. The molecule has 96 valence electrons. The topological polar surface area (TPSA) is 39.2 Å². The van der Waals surface area contributed by atoms with E-state index in [2.05, 4.69) is 6.07 Å². The van der Waals surface area contributed by atoms with Crippen molar-refractivity contribution in [3.05, 3.63) is 52.9 Å². The summed E-state index contributed by atoms with van der Waals surface area (Å²) in [6.45, 7) is 2.00. The lowest BCUT2D eigenvalue weighted by atomic mass is 10.1. The molecule has 0 aliphatic heterocycles. The molecule has 4 heteroatoms. The van der Waals surface area contributed by atoms with Crippen molar-refractivity contribution in [2.45, 2.75) is 30.0 Å². The maximum absolute atomic E-state index is 6.26. The molecule has 2 N–H and O–H groups in total. The van der Waals surface area contributed by atoms with E-state index >= 15 is 0 Å². The summed E-state index contributed by atoms with van der Waals surface area (Å²) in [5.74, 6) is 1.73. The molecule has 1 heterocycles. The summed E-state index contributed by atoms with van der Waals surface area (Å²) in [6.07, 6.45) is 2.52. The summed E-state index contributed by atoms with van der Waals surface area (Å²) >= 11 is 7.95. The number of furan rings is 1. The standard InChI is InChI=1S/C14H16ClNOS/c1-10(16)8-11-4-2-6-13(15)14(11)18-9-12-5-3-7-17-12/h2-7,10H,8-9,16H2,1H3. The highest BCUT2D eigenvalue weighted by Crippen LogP contribution is 2.33. The van der Waals surface area contributed by atoms with Gasteiger partial charge in [-0.15, -0.1) is 11.8 Å². The Morgan fingerprint density at radius 1 is 1.33 bits per heavy atom. The van der Waals surface area contributed by atoms with E-state index in [4.69, 9.17) is 21.8 Å². The summed E-state index contributed by atoms with van der Waals surface area (Å²) in [4.78, 5) is 1.10. The van der Waals surface area contributed by atoms with Crippen molar-refractivity contribution in [1.29, 1.82) is 0 Å². The van der Waals surface area contributed by atoms with Crippen LogP contribution in [0.1, 0.15) is 18.2 Å². The molecule has 0 saturated heterocycles. The van der Waals surface area contributed by atoms with Gasteiger partial charge < -0.3 is 10.2 Å². The second-order valence-electron chi connectivity index (χ2n) is 4.28. The second kappa shape index (κ2) is 6.32. The smallest absolute Gasteiger partial charge is 0.113 e. The first kappa shape index (κ1) is 13.5. The Kier molecular flexibility index (Phi) is 4.75. The lowest BCUT2D eigenvalue weighted by Gasteiger charge is -2.12. The van der Waals surface area contributed by atoms with Crippen molar-refractivity contribution in [2.24, 2.45) is 5.73 Å². The molecule has 2 nitrogen and oxygen atoms in total. The van der Waals surface area contributed by atoms with Gasteiger partial charge in [0.1, 0.15) is 5.76 Å². The minimum atomic E-state index is 0.131. The minimum absolute atomic E-state index is 0.131. The predicted octanol–water partition coefficient (Wildman–Crippen LogP) is 4.12. The van der Waals surface area contributed by atoms with Gasteiger partial charge in [0.2, 0.25) is 0 Å². The van der Waals surface area contributed by atoms with Crippen LogP contribution < -0.4 is 5.73 Å². The quantitative estimate of drug-likeness (QED) is 0.838. The van der Waals surface area contributed by atoms with Crippen molar-refractivity contribution in [3.63, 3.8) is 0 Å². The van der Waals surface area contributed by atoms with E-state index in [1.54, 1.807) is 18.0 Å². The second-order valence-corrected chi connectivity index (χ2v) is 5.67. The molecule has 1 aromatic carbocycles. The van der Waals surface area contributed by atoms with E-state index in [1.165, 1.54) is 5.56 Å². The number of nitrogens with two attached hydrogens (primary N) is 1. The van der Waals surface area contributed by atoms with Crippen LogP contribution in [0.25, 0.3) is 0 Å². The van der Waals surface area contributed by atoms with Gasteiger partial charge in [0.05, 0.1) is 17.0 Å². The third-order valence-corrected chi connectivity index (χ3v) is 4.16. The van der Waals surface area contributed by atoms with E-state index in [-0.39, 0.29) is 6.04 Å². The van der Waals surface area contributed by atoms with Crippen LogP contribution in [0.2, 0.25) is 5.02 Å². The summed E-state index contributed by atoms with van der Waals surface area (Å²) < 4.78 is 5.33. The number of benzene rings is 1.